The summed E-state index contributed by atoms with van der Waals surface area (Å²) in [6.45, 7) is 1.59. The molecule has 0 aromatic carbocycles. The Morgan fingerprint density at radius 2 is 1.95 bits per heavy atom. The quantitative estimate of drug-likeness (QED) is 0.362. The summed E-state index contributed by atoms with van der Waals surface area (Å²) in [5.74, 6) is -0.0609. The van der Waals surface area contributed by atoms with Crippen LogP contribution in [0.1, 0.15) is 41.7 Å². The van der Waals surface area contributed by atoms with Gasteiger partial charge in [0, 0.05) is 24.8 Å². The average molecular weight is 262 g/mol. The predicted molar refractivity (Wildman–Crippen MR) is 71.1 cm³/mol. The molecule has 1 amide bonds. The Balaban J connectivity index is 2.10. The topological polar surface area (TPSA) is 91.8 Å². The Morgan fingerprint density at radius 1 is 1.26 bits per heavy atom. The largest absolute Gasteiger partial charge is 0.409 e. The number of nitrogens with zero attached hydrogens (tertiary/aromatic N) is 3. The van der Waals surface area contributed by atoms with E-state index in [4.69, 9.17) is 10.9 Å². The van der Waals surface area contributed by atoms with Crippen LogP contribution in [0.5, 0.6) is 0 Å². The molecule has 0 saturated carbocycles. The highest BCUT2D eigenvalue weighted by Crippen LogP contribution is 2.12. The summed E-state index contributed by atoms with van der Waals surface area (Å²) in [6.07, 6.45) is 5.90. The Morgan fingerprint density at radius 3 is 2.47 bits per heavy atom. The van der Waals surface area contributed by atoms with Crippen LogP contribution in [-0.2, 0) is 0 Å². The third kappa shape index (κ3) is 3.21. The van der Waals surface area contributed by atoms with Gasteiger partial charge in [-0.2, -0.15) is 0 Å². The van der Waals surface area contributed by atoms with Crippen molar-refractivity contribution < 1.29 is 10.0 Å². The number of oxime groups is 1. The summed E-state index contributed by atoms with van der Waals surface area (Å²) in [7, 11) is 0. The van der Waals surface area contributed by atoms with Gasteiger partial charge in [-0.05, 0) is 25.0 Å². The molecule has 0 radical (unpaired) electrons. The lowest BCUT2D eigenvalue weighted by Gasteiger charge is -2.19. The van der Waals surface area contributed by atoms with Gasteiger partial charge in [0.25, 0.3) is 5.91 Å². The van der Waals surface area contributed by atoms with Gasteiger partial charge in [-0.25, -0.2) is 0 Å². The zero-order chi connectivity index (χ0) is 13.7. The number of amides is 1. The maximum absolute atomic E-state index is 12.3. The molecule has 19 heavy (non-hydrogen) atoms. The Hall–Kier alpha value is -2.11. The molecule has 3 N–H and O–H groups in total. The average Bonchev–Trinajstić information content (AvgIpc) is 2.75. The summed E-state index contributed by atoms with van der Waals surface area (Å²) in [4.78, 5) is 18.2. The molecular weight excluding hydrogens is 244 g/mol. The van der Waals surface area contributed by atoms with Crippen LogP contribution in [-0.4, -0.2) is 39.9 Å². The highest BCUT2D eigenvalue weighted by atomic mass is 16.4. The summed E-state index contributed by atoms with van der Waals surface area (Å²) in [5.41, 5.74) is 6.34. The second-order valence-corrected chi connectivity index (χ2v) is 4.62. The highest BCUT2D eigenvalue weighted by Gasteiger charge is 2.18. The number of nitrogens with two attached hydrogens (primary N) is 1. The molecule has 2 rings (SSSR count). The number of carbonyl (C=O) groups excluding carboxylic acids is 1. The standard InChI is InChI=1S/C13H18N4O2/c14-12(16-19)10-5-6-11(15-9-10)13(18)17-7-3-1-2-4-8-17/h5-6,9,19H,1-4,7-8H2,(H2,14,16). The lowest BCUT2D eigenvalue weighted by molar-refractivity contribution is 0.0756. The second kappa shape index (κ2) is 6.17. The second-order valence-electron chi connectivity index (χ2n) is 4.62. The number of aromatic nitrogens is 1. The van der Waals surface area contributed by atoms with Gasteiger partial charge >= 0.3 is 0 Å². The van der Waals surface area contributed by atoms with Crippen molar-refractivity contribution in [1.82, 2.24) is 9.88 Å². The van der Waals surface area contributed by atoms with Gasteiger partial charge < -0.3 is 15.8 Å². The van der Waals surface area contributed by atoms with E-state index in [1.807, 2.05) is 4.90 Å². The van der Waals surface area contributed by atoms with Gasteiger partial charge in [0.05, 0.1) is 0 Å². The number of likely N-dealkylation sites (tertiary alicyclic amines) is 1. The maximum atomic E-state index is 12.3. The molecule has 1 fully saturated rings. The molecule has 0 atom stereocenters. The molecule has 0 spiro atoms. The van der Waals surface area contributed by atoms with Crippen LogP contribution < -0.4 is 5.73 Å². The van der Waals surface area contributed by atoms with Gasteiger partial charge in [0.15, 0.2) is 5.84 Å². The minimum absolute atomic E-state index is 0.0127. The first-order chi connectivity index (χ1) is 9.22. The molecule has 0 aliphatic carbocycles. The van der Waals surface area contributed by atoms with Crippen LogP contribution in [0.4, 0.5) is 0 Å². The first kappa shape index (κ1) is 13.3. The van der Waals surface area contributed by atoms with Crippen molar-refractivity contribution in [1.29, 1.82) is 0 Å². The van der Waals surface area contributed by atoms with Crippen molar-refractivity contribution in [2.45, 2.75) is 25.7 Å². The van der Waals surface area contributed by atoms with E-state index in [0.717, 1.165) is 25.9 Å². The number of hydrogen-bond donors (Lipinski definition) is 2. The molecule has 1 aliphatic rings. The minimum atomic E-state index is -0.0482. The van der Waals surface area contributed by atoms with Crippen molar-refractivity contribution in [3.8, 4) is 0 Å². The summed E-state index contributed by atoms with van der Waals surface area (Å²) in [5, 5.41) is 11.5. The van der Waals surface area contributed by atoms with Crippen molar-refractivity contribution in [2.24, 2.45) is 10.9 Å². The van der Waals surface area contributed by atoms with E-state index >= 15 is 0 Å². The summed E-state index contributed by atoms with van der Waals surface area (Å²) >= 11 is 0. The first-order valence-electron chi connectivity index (χ1n) is 6.45. The fourth-order valence-corrected chi connectivity index (χ4v) is 2.17. The fraction of sp³-hybridized carbons (Fsp3) is 0.462. The Labute approximate surface area is 111 Å². The minimum Gasteiger partial charge on any atom is -0.409 e. The van der Waals surface area contributed by atoms with Crippen LogP contribution in [0.3, 0.4) is 0 Å². The number of amidine groups is 1. The van der Waals surface area contributed by atoms with E-state index in [9.17, 15) is 4.79 Å². The van der Waals surface area contributed by atoms with Crippen molar-refractivity contribution in [3.05, 3.63) is 29.6 Å². The molecule has 0 bridgehead atoms. The monoisotopic (exact) mass is 262 g/mol. The number of rotatable bonds is 2. The molecule has 0 unspecified atom stereocenters. The fourth-order valence-electron chi connectivity index (χ4n) is 2.17. The number of hydrogen-bond acceptors (Lipinski definition) is 4. The third-order valence-electron chi connectivity index (χ3n) is 3.28. The zero-order valence-corrected chi connectivity index (χ0v) is 10.7. The molecule has 1 aliphatic heterocycles. The van der Waals surface area contributed by atoms with E-state index in [-0.39, 0.29) is 11.7 Å². The van der Waals surface area contributed by atoms with Crippen molar-refractivity contribution in [2.75, 3.05) is 13.1 Å². The predicted octanol–water partition coefficient (Wildman–Crippen LogP) is 1.19. The zero-order valence-electron chi connectivity index (χ0n) is 10.7. The molecule has 1 aromatic rings. The lowest BCUT2D eigenvalue weighted by atomic mass is 10.2. The molecule has 6 nitrogen and oxygen atoms in total. The number of pyridine rings is 1. The van der Waals surface area contributed by atoms with Crippen LogP contribution in [0.25, 0.3) is 0 Å². The third-order valence-corrected chi connectivity index (χ3v) is 3.28. The summed E-state index contributed by atoms with van der Waals surface area (Å²) < 4.78 is 0. The molecule has 6 heteroatoms. The summed E-state index contributed by atoms with van der Waals surface area (Å²) in [6, 6.07) is 3.24. The van der Waals surface area contributed by atoms with Gasteiger partial charge in [-0.3, -0.25) is 9.78 Å². The van der Waals surface area contributed by atoms with E-state index in [2.05, 4.69) is 10.1 Å². The smallest absolute Gasteiger partial charge is 0.272 e. The molecule has 1 saturated heterocycles. The molecule has 1 aromatic heterocycles. The highest BCUT2D eigenvalue weighted by molar-refractivity contribution is 5.98. The molecular formula is C13H18N4O2. The van der Waals surface area contributed by atoms with E-state index in [0.29, 0.717) is 11.3 Å². The Bertz CT molecular complexity index is 462. The van der Waals surface area contributed by atoms with E-state index < -0.39 is 0 Å². The normalized spacial score (nSPS) is 17.1. The lowest BCUT2D eigenvalue weighted by Crippen LogP contribution is -2.32. The molecule has 2 heterocycles. The van der Waals surface area contributed by atoms with Crippen LogP contribution >= 0.6 is 0 Å². The number of carbonyl (C=O) groups is 1. The van der Waals surface area contributed by atoms with Crippen LogP contribution in [0.2, 0.25) is 0 Å². The maximum Gasteiger partial charge on any atom is 0.272 e. The van der Waals surface area contributed by atoms with Gasteiger partial charge in [-0.1, -0.05) is 18.0 Å². The van der Waals surface area contributed by atoms with Gasteiger partial charge in [0.2, 0.25) is 0 Å². The van der Waals surface area contributed by atoms with Gasteiger partial charge in [0.1, 0.15) is 5.69 Å². The first-order valence-corrected chi connectivity index (χ1v) is 6.45. The Kier molecular flexibility index (Phi) is 4.33. The van der Waals surface area contributed by atoms with Gasteiger partial charge in [-0.15, -0.1) is 0 Å². The van der Waals surface area contributed by atoms with Crippen molar-refractivity contribution in [3.63, 3.8) is 0 Å². The molecule has 102 valence electrons. The van der Waals surface area contributed by atoms with E-state index in [1.165, 1.54) is 19.0 Å². The SMILES string of the molecule is NC(=NO)c1ccc(C(=O)N2CCCCCC2)nc1. The van der Waals surface area contributed by atoms with E-state index in [1.54, 1.807) is 12.1 Å². The van der Waals surface area contributed by atoms with Crippen LogP contribution in [0.15, 0.2) is 23.5 Å². The van der Waals surface area contributed by atoms with Crippen molar-refractivity contribution >= 4 is 11.7 Å². The van der Waals surface area contributed by atoms with Crippen LogP contribution in [0, 0.1) is 0 Å².